The van der Waals surface area contributed by atoms with Crippen molar-refractivity contribution in [3.05, 3.63) is 29.3 Å². The monoisotopic (exact) mass is 281 g/mol. The second-order valence-electron chi connectivity index (χ2n) is 5.12. The molecule has 0 radical (unpaired) electrons. The fraction of sp³-hybridized carbons (Fsp3) is 0.429. The molecule has 0 aromatic carbocycles. The molecule has 2 nitrogen and oxygen atoms in total. The Morgan fingerprint density at radius 1 is 1.53 bits per heavy atom. The lowest BCUT2D eigenvalue weighted by Crippen LogP contribution is -2.12. The molecule has 0 spiro atoms. The van der Waals surface area contributed by atoms with E-state index >= 15 is 0 Å². The highest BCUT2D eigenvalue weighted by molar-refractivity contribution is 7.17. The third-order valence-electron chi connectivity index (χ3n) is 3.60. The van der Waals surface area contributed by atoms with Crippen LogP contribution in [0.25, 0.3) is 10.2 Å². The number of alkyl halides is 2. The van der Waals surface area contributed by atoms with Crippen molar-refractivity contribution in [3.63, 3.8) is 0 Å². The van der Waals surface area contributed by atoms with Crippen LogP contribution in [-0.2, 0) is 0 Å². The van der Waals surface area contributed by atoms with E-state index in [1.165, 1.54) is 11.3 Å². The molecular formula is C14H13F2NOS. The van der Waals surface area contributed by atoms with Crippen LogP contribution in [0.15, 0.2) is 23.7 Å². The summed E-state index contributed by atoms with van der Waals surface area (Å²) in [6.45, 7) is 0. The molecule has 2 aromatic rings. The molecule has 0 amide bonds. The number of nitrogens with zero attached hydrogens (tertiary/aromatic N) is 1. The summed E-state index contributed by atoms with van der Waals surface area (Å²) in [5, 5.41) is 1.92. The molecule has 1 atom stereocenters. The Bertz CT molecular complexity index is 623. The van der Waals surface area contributed by atoms with E-state index in [1.807, 2.05) is 17.5 Å². The van der Waals surface area contributed by atoms with Gasteiger partial charge in [0.1, 0.15) is 0 Å². The van der Waals surface area contributed by atoms with E-state index in [4.69, 9.17) is 0 Å². The first kappa shape index (κ1) is 12.7. The van der Waals surface area contributed by atoms with Gasteiger partial charge in [-0.3, -0.25) is 9.78 Å². The van der Waals surface area contributed by atoms with Gasteiger partial charge < -0.3 is 0 Å². The minimum absolute atomic E-state index is 0.0782. The molecule has 1 fully saturated rings. The van der Waals surface area contributed by atoms with Gasteiger partial charge in [-0.15, -0.1) is 11.3 Å². The minimum Gasteiger partial charge on any atom is -0.294 e. The molecule has 1 aliphatic carbocycles. The van der Waals surface area contributed by atoms with Crippen LogP contribution in [0.1, 0.15) is 36.0 Å². The molecule has 1 unspecified atom stereocenters. The maximum atomic E-state index is 13.1. The summed E-state index contributed by atoms with van der Waals surface area (Å²) >= 11 is 1.53. The second kappa shape index (κ2) is 4.63. The van der Waals surface area contributed by atoms with Crippen LogP contribution in [0.4, 0.5) is 8.78 Å². The third-order valence-corrected chi connectivity index (χ3v) is 4.46. The number of ketones is 1. The molecule has 100 valence electrons. The lowest BCUT2D eigenvalue weighted by atomic mass is 9.97. The van der Waals surface area contributed by atoms with E-state index < -0.39 is 5.92 Å². The first-order chi connectivity index (χ1) is 9.03. The van der Waals surface area contributed by atoms with Crippen LogP contribution in [0, 0.1) is 5.92 Å². The number of hydrogen-bond acceptors (Lipinski definition) is 3. The number of carbonyl (C=O) groups is 1. The number of pyridine rings is 1. The summed E-state index contributed by atoms with van der Waals surface area (Å²) in [4.78, 5) is 16.3. The Hall–Kier alpha value is -1.36. The number of rotatable bonds is 3. The van der Waals surface area contributed by atoms with E-state index in [2.05, 4.69) is 4.98 Å². The number of thiophene rings is 1. The zero-order valence-electron chi connectivity index (χ0n) is 10.2. The fourth-order valence-corrected chi connectivity index (χ4v) is 3.38. The lowest BCUT2D eigenvalue weighted by Gasteiger charge is -2.09. The zero-order valence-corrected chi connectivity index (χ0v) is 11.1. The Kier molecular flexibility index (Phi) is 3.09. The molecule has 2 aromatic heterocycles. The Balaban J connectivity index is 1.73. The van der Waals surface area contributed by atoms with Gasteiger partial charge in [0.15, 0.2) is 5.78 Å². The van der Waals surface area contributed by atoms with Crippen LogP contribution in [-0.4, -0.2) is 16.7 Å². The number of aromatic nitrogens is 1. The van der Waals surface area contributed by atoms with E-state index in [9.17, 15) is 13.6 Å². The van der Waals surface area contributed by atoms with Crippen LogP contribution in [0.2, 0.25) is 0 Å². The van der Waals surface area contributed by atoms with Crippen molar-refractivity contribution in [2.45, 2.75) is 31.6 Å². The average Bonchev–Trinajstić information content (AvgIpc) is 2.94. The molecule has 3 rings (SSSR count). The minimum atomic E-state index is -2.58. The number of halogens is 2. The van der Waals surface area contributed by atoms with Crippen molar-refractivity contribution in [2.75, 3.05) is 0 Å². The molecule has 5 heteroatoms. The number of fused-ring (bicyclic) bond motifs is 1. The first-order valence-electron chi connectivity index (χ1n) is 6.28. The fourth-order valence-electron chi connectivity index (χ4n) is 2.60. The summed E-state index contributed by atoms with van der Waals surface area (Å²) in [6.07, 6.45) is 1.94. The van der Waals surface area contributed by atoms with Crippen LogP contribution < -0.4 is 0 Å². The van der Waals surface area contributed by atoms with Crippen LogP contribution in [0.5, 0.6) is 0 Å². The highest BCUT2D eigenvalue weighted by Gasteiger charge is 2.39. The van der Waals surface area contributed by atoms with Crippen molar-refractivity contribution >= 4 is 27.3 Å². The van der Waals surface area contributed by atoms with Gasteiger partial charge in [-0.1, -0.05) is 0 Å². The van der Waals surface area contributed by atoms with E-state index in [1.54, 1.807) is 6.20 Å². The maximum Gasteiger partial charge on any atom is 0.248 e. The molecule has 19 heavy (non-hydrogen) atoms. The summed E-state index contributed by atoms with van der Waals surface area (Å²) in [5.41, 5.74) is 1.40. The predicted octanol–water partition coefficient (Wildman–Crippen LogP) is 4.30. The van der Waals surface area contributed by atoms with Gasteiger partial charge in [0.05, 0.1) is 10.2 Å². The van der Waals surface area contributed by atoms with Gasteiger partial charge in [0.25, 0.3) is 0 Å². The molecule has 0 bridgehead atoms. The van der Waals surface area contributed by atoms with Gasteiger partial charge in [-0.25, -0.2) is 8.78 Å². The topological polar surface area (TPSA) is 30.0 Å². The first-order valence-corrected chi connectivity index (χ1v) is 7.16. The van der Waals surface area contributed by atoms with Crippen molar-refractivity contribution in [1.29, 1.82) is 0 Å². The quantitative estimate of drug-likeness (QED) is 0.785. The SMILES string of the molecule is O=C(CC1CCC(F)(F)C1)c1cnc2ccsc2c1. The molecule has 0 N–H and O–H groups in total. The van der Waals surface area contributed by atoms with Gasteiger partial charge >= 0.3 is 0 Å². The van der Waals surface area contributed by atoms with E-state index in [0.717, 1.165) is 10.2 Å². The van der Waals surface area contributed by atoms with Crippen molar-refractivity contribution < 1.29 is 13.6 Å². The van der Waals surface area contributed by atoms with Gasteiger partial charge in [0, 0.05) is 31.0 Å². The van der Waals surface area contributed by atoms with E-state index in [-0.39, 0.29) is 31.0 Å². The van der Waals surface area contributed by atoms with Gasteiger partial charge in [-0.05, 0) is 29.9 Å². The second-order valence-corrected chi connectivity index (χ2v) is 6.07. The van der Waals surface area contributed by atoms with Crippen molar-refractivity contribution in [1.82, 2.24) is 4.98 Å². The number of carbonyl (C=O) groups excluding carboxylic acids is 1. The summed E-state index contributed by atoms with van der Waals surface area (Å²) in [7, 11) is 0. The van der Waals surface area contributed by atoms with E-state index in [0.29, 0.717) is 12.0 Å². The van der Waals surface area contributed by atoms with Crippen LogP contribution in [0.3, 0.4) is 0 Å². The Morgan fingerprint density at radius 3 is 3.11 bits per heavy atom. The zero-order chi connectivity index (χ0) is 13.5. The Morgan fingerprint density at radius 2 is 2.37 bits per heavy atom. The van der Waals surface area contributed by atoms with Gasteiger partial charge in [-0.2, -0.15) is 0 Å². The molecule has 1 saturated carbocycles. The molecule has 2 heterocycles. The summed E-state index contributed by atoms with van der Waals surface area (Å²) < 4.78 is 27.1. The Labute approximate surface area is 113 Å². The summed E-state index contributed by atoms with van der Waals surface area (Å²) in [5.74, 6) is -2.85. The highest BCUT2D eigenvalue weighted by Crippen LogP contribution is 2.40. The predicted molar refractivity (Wildman–Crippen MR) is 70.9 cm³/mol. The third kappa shape index (κ3) is 2.66. The standard InChI is InChI=1S/C14H13F2NOS/c15-14(16)3-1-9(7-14)5-12(18)10-6-13-11(17-8-10)2-4-19-13/h2,4,6,8-9H,1,3,5,7H2. The normalized spacial score (nSPS) is 21.9. The highest BCUT2D eigenvalue weighted by atomic mass is 32.1. The summed E-state index contributed by atoms with van der Waals surface area (Å²) in [6, 6.07) is 3.70. The molecular weight excluding hydrogens is 268 g/mol. The maximum absolute atomic E-state index is 13.1. The largest absolute Gasteiger partial charge is 0.294 e. The smallest absolute Gasteiger partial charge is 0.248 e. The van der Waals surface area contributed by atoms with Crippen LogP contribution >= 0.6 is 11.3 Å². The molecule has 0 saturated heterocycles. The lowest BCUT2D eigenvalue weighted by molar-refractivity contribution is 0.00497. The molecule has 0 aliphatic heterocycles. The molecule has 1 aliphatic rings. The number of hydrogen-bond donors (Lipinski definition) is 0. The van der Waals surface area contributed by atoms with Crippen molar-refractivity contribution in [2.24, 2.45) is 5.92 Å². The number of Topliss-reactive ketones (excluding diaryl/α,β-unsaturated/α-hetero) is 1. The van der Waals surface area contributed by atoms with Gasteiger partial charge in [0.2, 0.25) is 5.92 Å². The van der Waals surface area contributed by atoms with Crippen molar-refractivity contribution in [3.8, 4) is 0 Å². The average molecular weight is 281 g/mol.